The van der Waals surface area contributed by atoms with Gasteiger partial charge in [-0.2, -0.15) is 0 Å². The van der Waals surface area contributed by atoms with Crippen molar-refractivity contribution in [2.45, 2.75) is 20.8 Å². The SMILES string of the molecule is Cc1ccc(Cl)c(NC(=O)[C@H]2[C@@H](C(=O)O)C2(C)C)c1Cl. The van der Waals surface area contributed by atoms with Crippen LogP contribution in [-0.2, 0) is 9.59 Å². The predicted molar refractivity (Wildman–Crippen MR) is 78.2 cm³/mol. The fourth-order valence-corrected chi connectivity index (χ4v) is 3.03. The van der Waals surface area contributed by atoms with Gasteiger partial charge in [0.2, 0.25) is 5.91 Å². The minimum Gasteiger partial charge on any atom is -0.481 e. The first-order valence-electron chi connectivity index (χ1n) is 6.16. The van der Waals surface area contributed by atoms with Gasteiger partial charge in [0, 0.05) is 0 Å². The second-order valence-corrected chi connectivity index (χ2v) is 6.44. The maximum atomic E-state index is 12.2. The summed E-state index contributed by atoms with van der Waals surface area (Å²) in [5, 5.41) is 12.5. The Kier molecular flexibility index (Phi) is 3.73. The van der Waals surface area contributed by atoms with E-state index in [4.69, 9.17) is 28.3 Å². The molecule has 6 heteroatoms. The molecule has 0 bridgehead atoms. The molecule has 1 fully saturated rings. The highest BCUT2D eigenvalue weighted by molar-refractivity contribution is 6.40. The molecule has 2 atom stereocenters. The molecule has 1 aromatic carbocycles. The molecule has 0 aliphatic heterocycles. The van der Waals surface area contributed by atoms with Crippen LogP contribution in [0, 0.1) is 24.2 Å². The molecule has 2 N–H and O–H groups in total. The maximum absolute atomic E-state index is 12.2. The van der Waals surface area contributed by atoms with Gasteiger partial charge in [-0.1, -0.05) is 43.1 Å². The first-order valence-corrected chi connectivity index (χ1v) is 6.91. The van der Waals surface area contributed by atoms with Crippen molar-refractivity contribution in [1.82, 2.24) is 0 Å². The Hall–Kier alpha value is -1.26. The van der Waals surface area contributed by atoms with Crippen molar-refractivity contribution in [3.05, 3.63) is 27.7 Å². The van der Waals surface area contributed by atoms with E-state index in [2.05, 4.69) is 5.32 Å². The van der Waals surface area contributed by atoms with Crippen LogP contribution in [-0.4, -0.2) is 17.0 Å². The van der Waals surface area contributed by atoms with E-state index in [0.29, 0.717) is 15.7 Å². The molecule has 0 heterocycles. The van der Waals surface area contributed by atoms with E-state index >= 15 is 0 Å². The zero-order valence-electron chi connectivity index (χ0n) is 11.3. The number of benzene rings is 1. The quantitative estimate of drug-likeness (QED) is 0.895. The van der Waals surface area contributed by atoms with Crippen molar-refractivity contribution in [2.75, 3.05) is 5.32 Å². The number of amides is 1. The summed E-state index contributed by atoms with van der Waals surface area (Å²) in [7, 11) is 0. The van der Waals surface area contributed by atoms with Crippen LogP contribution < -0.4 is 5.32 Å². The highest BCUT2D eigenvalue weighted by Gasteiger charge is 2.65. The number of carbonyl (C=O) groups is 2. The number of hydrogen-bond donors (Lipinski definition) is 2. The van der Waals surface area contributed by atoms with Gasteiger partial charge in [0.15, 0.2) is 0 Å². The third-order valence-electron chi connectivity index (χ3n) is 3.91. The Morgan fingerprint density at radius 3 is 2.35 bits per heavy atom. The summed E-state index contributed by atoms with van der Waals surface area (Å²) in [6, 6.07) is 3.40. The van der Waals surface area contributed by atoms with Crippen LogP contribution in [0.15, 0.2) is 12.1 Å². The van der Waals surface area contributed by atoms with Gasteiger partial charge < -0.3 is 10.4 Å². The molecule has 4 nitrogen and oxygen atoms in total. The largest absolute Gasteiger partial charge is 0.481 e. The zero-order valence-corrected chi connectivity index (χ0v) is 12.8. The summed E-state index contributed by atoms with van der Waals surface area (Å²) in [6.45, 7) is 5.32. The second-order valence-electron chi connectivity index (χ2n) is 5.66. The van der Waals surface area contributed by atoms with Crippen LogP contribution in [0.25, 0.3) is 0 Å². The van der Waals surface area contributed by atoms with Gasteiger partial charge in [-0.15, -0.1) is 0 Å². The minimum absolute atomic E-state index is 0.333. The van der Waals surface area contributed by atoms with Crippen molar-refractivity contribution < 1.29 is 14.7 Å². The topological polar surface area (TPSA) is 66.4 Å². The molecular formula is C14H15Cl2NO3. The first kappa shape index (κ1) is 15.1. The molecule has 0 radical (unpaired) electrons. The highest BCUT2D eigenvalue weighted by atomic mass is 35.5. The van der Waals surface area contributed by atoms with Crippen molar-refractivity contribution in [2.24, 2.45) is 17.3 Å². The fraction of sp³-hybridized carbons (Fsp3) is 0.429. The Labute approximate surface area is 127 Å². The number of aliphatic carboxylic acids is 1. The molecule has 1 aliphatic rings. The zero-order chi connectivity index (χ0) is 15.2. The molecule has 2 rings (SSSR count). The van der Waals surface area contributed by atoms with Crippen LogP contribution in [0.1, 0.15) is 19.4 Å². The van der Waals surface area contributed by atoms with Crippen molar-refractivity contribution >= 4 is 40.8 Å². The molecule has 1 saturated carbocycles. The second kappa shape index (κ2) is 4.93. The van der Waals surface area contributed by atoms with Crippen molar-refractivity contribution in [3.8, 4) is 0 Å². The molecule has 0 saturated heterocycles. The van der Waals surface area contributed by atoms with E-state index in [-0.39, 0.29) is 5.91 Å². The van der Waals surface area contributed by atoms with Gasteiger partial charge in [0.05, 0.1) is 27.6 Å². The average molecular weight is 316 g/mol. The molecule has 0 aromatic heterocycles. The lowest BCUT2D eigenvalue weighted by Gasteiger charge is -2.11. The number of rotatable bonds is 3. The maximum Gasteiger partial charge on any atom is 0.307 e. The highest BCUT2D eigenvalue weighted by Crippen LogP contribution is 2.58. The molecular weight excluding hydrogens is 301 g/mol. The van der Waals surface area contributed by atoms with Gasteiger partial charge in [0.25, 0.3) is 0 Å². The molecule has 0 spiro atoms. The van der Waals surface area contributed by atoms with Gasteiger partial charge in [-0.3, -0.25) is 9.59 Å². The summed E-state index contributed by atoms with van der Waals surface area (Å²) in [5.74, 6) is -2.58. The van der Waals surface area contributed by atoms with Crippen LogP contribution in [0.4, 0.5) is 5.69 Å². The van der Waals surface area contributed by atoms with E-state index in [0.717, 1.165) is 5.56 Å². The molecule has 1 amide bonds. The Morgan fingerprint density at radius 1 is 1.25 bits per heavy atom. The molecule has 108 valence electrons. The summed E-state index contributed by atoms with van der Waals surface area (Å²) in [5.41, 5.74) is 0.569. The van der Waals surface area contributed by atoms with E-state index in [1.165, 1.54) is 0 Å². The predicted octanol–water partition coefficient (Wildman–Crippen LogP) is 3.60. The summed E-state index contributed by atoms with van der Waals surface area (Å²) < 4.78 is 0. The number of aryl methyl sites for hydroxylation is 1. The number of nitrogens with one attached hydrogen (secondary N) is 1. The van der Waals surface area contributed by atoms with E-state index in [1.54, 1.807) is 32.9 Å². The van der Waals surface area contributed by atoms with Crippen molar-refractivity contribution in [1.29, 1.82) is 0 Å². The smallest absolute Gasteiger partial charge is 0.307 e. The first-order chi connectivity index (χ1) is 9.17. The van der Waals surface area contributed by atoms with Crippen molar-refractivity contribution in [3.63, 3.8) is 0 Å². The van der Waals surface area contributed by atoms with Crippen LogP contribution in [0.3, 0.4) is 0 Å². The fourth-order valence-electron chi connectivity index (χ4n) is 2.56. The van der Waals surface area contributed by atoms with E-state index in [1.807, 2.05) is 0 Å². The van der Waals surface area contributed by atoms with Crippen LogP contribution in [0.5, 0.6) is 0 Å². The lowest BCUT2D eigenvalue weighted by molar-refractivity contribution is -0.140. The number of anilines is 1. The van der Waals surface area contributed by atoms with Gasteiger partial charge in [-0.25, -0.2) is 0 Å². The summed E-state index contributed by atoms with van der Waals surface area (Å²) >= 11 is 12.1. The Morgan fingerprint density at radius 2 is 1.85 bits per heavy atom. The summed E-state index contributed by atoms with van der Waals surface area (Å²) in [6.07, 6.45) is 0. The van der Waals surface area contributed by atoms with Crippen LogP contribution in [0.2, 0.25) is 10.0 Å². The third kappa shape index (κ3) is 2.38. The third-order valence-corrected chi connectivity index (χ3v) is 4.71. The van der Waals surface area contributed by atoms with E-state index < -0.39 is 23.2 Å². The number of carboxylic acid groups (broad SMARTS) is 1. The minimum atomic E-state index is -0.961. The molecule has 0 unspecified atom stereocenters. The molecule has 1 aliphatic carbocycles. The number of halogens is 2. The van der Waals surface area contributed by atoms with E-state index in [9.17, 15) is 9.59 Å². The van der Waals surface area contributed by atoms with Gasteiger partial charge in [-0.05, 0) is 24.0 Å². The molecule has 1 aromatic rings. The van der Waals surface area contributed by atoms with Gasteiger partial charge in [0.1, 0.15) is 0 Å². The molecule has 20 heavy (non-hydrogen) atoms. The number of carboxylic acids is 1. The van der Waals surface area contributed by atoms with Gasteiger partial charge >= 0.3 is 5.97 Å². The summed E-state index contributed by atoms with van der Waals surface area (Å²) in [4.78, 5) is 23.3. The Balaban J connectivity index is 2.23. The van der Waals surface area contributed by atoms with Crippen LogP contribution >= 0.6 is 23.2 Å². The Bertz CT molecular complexity index is 598. The average Bonchev–Trinajstić information content (AvgIpc) is 2.93. The number of hydrogen-bond acceptors (Lipinski definition) is 2. The lowest BCUT2D eigenvalue weighted by atomic mass is 10.1. The standard InChI is InChI=1S/C14H15Cl2NO3/c1-6-4-5-7(15)11(10(6)16)17-12(18)8-9(13(19)20)14(8,2)3/h4-5,8-9H,1-3H3,(H,17,18)(H,19,20)/t8-,9+/m1/s1. The lowest BCUT2D eigenvalue weighted by Crippen LogP contribution is -2.18. The normalized spacial score (nSPS) is 23.2. The monoisotopic (exact) mass is 315 g/mol. The number of carbonyl (C=O) groups excluding carboxylic acids is 1.